The van der Waals surface area contributed by atoms with Gasteiger partial charge in [-0.1, -0.05) is 12.1 Å². The van der Waals surface area contributed by atoms with Crippen LogP contribution < -0.4 is 0 Å². The van der Waals surface area contributed by atoms with Gasteiger partial charge in [-0.2, -0.15) is 0 Å². The lowest BCUT2D eigenvalue weighted by molar-refractivity contribution is -0.142. The Morgan fingerprint density at radius 2 is 2.15 bits per heavy atom. The molecule has 6 heteroatoms. The Hall–Kier alpha value is -1.88. The topological polar surface area (TPSA) is 55.1 Å². The monoisotopic (exact) mass is 296 g/mol. The lowest BCUT2D eigenvalue weighted by atomic mass is 9.96. The molecule has 1 unspecified atom stereocenters. The van der Waals surface area contributed by atoms with E-state index < -0.39 is 5.97 Å². The maximum Gasteiger partial charge on any atom is 0.306 e. The van der Waals surface area contributed by atoms with Crippen molar-refractivity contribution in [1.82, 2.24) is 9.55 Å². The van der Waals surface area contributed by atoms with Crippen LogP contribution in [0.4, 0.5) is 4.39 Å². The van der Waals surface area contributed by atoms with Gasteiger partial charge in [-0.05, 0) is 18.6 Å². The first-order chi connectivity index (χ1) is 9.16. The first-order valence-electron chi connectivity index (χ1n) is 6.19. The van der Waals surface area contributed by atoms with Gasteiger partial charge in [0.25, 0.3) is 0 Å². The number of hydrogen-bond donors (Lipinski definition) is 1. The van der Waals surface area contributed by atoms with E-state index in [1.807, 2.05) is 4.57 Å². The summed E-state index contributed by atoms with van der Waals surface area (Å²) in [6.45, 7) is 0.565. The standard InChI is InChI=1S/C14H13FN2O2.ClH/c15-12-4-2-1-3-11(12)13-16-8-10-7-9(14(18)19)5-6-17(10)13;/h1-4,8-9H,5-7H2,(H,18,19);1H. The Kier molecular flexibility index (Phi) is 4.09. The first-order valence-corrected chi connectivity index (χ1v) is 6.19. The van der Waals surface area contributed by atoms with Gasteiger partial charge in [0.2, 0.25) is 0 Å². The molecule has 1 atom stereocenters. The number of halogens is 2. The smallest absolute Gasteiger partial charge is 0.306 e. The molecule has 0 aliphatic carbocycles. The number of aliphatic carboxylic acids is 1. The summed E-state index contributed by atoms with van der Waals surface area (Å²) in [6, 6.07) is 6.50. The molecule has 1 aliphatic heterocycles. The van der Waals surface area contributed by atoms with E-state index in [1.54, 1.807) is 24.4 Å². The molecule has 1 aliphatic rings. The summed E-state index contributed by atoms with van der Waals surface area (Å²) in [5.74, 6) is -0.870. The molecule has 0 saturated heterocycles. The number of aromatic nitrogens is 2. The lowest BCUT2D eigenvalue weighted by Crippen LogP contribution is -2.25. The van der Waals surface area contributed by atoms with Gasteiger partial charge in [-0.3, -0.25) is 4.79 Å². The highest BCUT2D eigenvalue weighted by Crippen LogP contribution is 2.28. The fraction of sp³-hybridized carbons (Fsp3) is 0.286. The van der Waals surface area contributed by atoms with Crippen molar-refractivity contribution >= 4 is 18.4 Å². The second kappa shape index (κ2) is 5.63. The summed E-state index contributed by atoms with van der Waals surface area (Å²) in [4.78, 5) is 15.3. The number of benzene rings is 1. The molecule has 3 rings (SSSR count). The zero-order valence-electron chi connectivity index (χ0n) is 10.6. The number of nitrogens with zero attached hydrogens (tertiary/aromatic N) is 2. The minimum atomic E-state index is -0.778. The van der Waals surface area contributed by atoms with Gasteiger partial charge >= 0.3 is 5.97 Å². The van der Waals surface area contributed by atoms with Crippen molar-refractivity contribution in [3.63, 3.8) is 0 Å². The van der Waals surface area contributed by atoms with Gasteiger partial charge in [0.05, 0.1) is 11.5 Å². The van der Waals surface area contributed by atoms with Crippen LogP contribution in [-0.2, 0) is 17.8 Å². The van der Waals surface area contributed by atoms with Crippen molar-refractivity contribution in [2.75, 3.05) is 0 Å². The molecule has 20 heavy (non-hydrogen) atoms. The van der Waals surface area contributed by atoms with Crippen LogP contribution in [0.2, 0.25) is 0 Å². The highest BCUT2D eigenvalue weighted by molar-refractivity contribution is 5.85. The number of imidazole rings is 1. The third kappa shape index (κ3) is 2.41. The van der Waals surface area contributed by atoms with Crippen LogP contribution >= 0.6 is 12.4 Å². The molecule has 0 fully saturated rings. The molecule has 1 N–H and O–H groups in total. The summed E-state index contributed by atoms with van der Waals surface area (Å²) < 4.78 is 15.7. The maximum atomic E-state index is 13.8. The Morgan fingerprint density at radius 1 is 1.40 bits per heavy atom. The van der Waals surface area contributed by atoms with E-state index in [-0.39, 0.29) is 24.1 Å². The average Bonchev–Trinajstić information content (AvgIpc) is 2.82. The third-order valence-electron chi connectivity index (χ3n) is 3.56. The molecule has 0 saturated carbocycles. The third-order valence-corrected chi connectivity index (χ3v) is 3.56. The molecule has 0 radical (unpaired) electrons. The second-order valence-electron chi connectivity index (χ2n) is 4.73. The molecule has 1 aromatic carbocycles. The highest BCUT2D eigenvalue weighted by atomic mass is 35.5. The molecule has 0 spiro atoms. The number of rotatable bonds is 2. The predicted molar refractivity (Wildman–Crippen MR) is 74.3 cm³/mol. The number of fused-ring (bicyclic) bond motifs is 1. The minimum absolute atomic E-state index is 0. The van der Waals surface area contributed by atoms with E-state index in [0.29, 0.717) is 30.8 Å². The van der Waals surface area contributed by atoms with Crippen molar-refractivity contribution in [2.24, 2.45) is 5.92 Å². The summed E-state index contributed by atoms with van der Waals surface area (Å²) in [6.07, 6.45) is 2.66. The molecule has 4 nitrogen and oxygen atoms in total. The van der Waals surface area contributed by atoms with Gasteiger partial charge in [-0.25, -0.2) is 9.37 Å². The Morgan fingerprint density at radius 3 is 2.85 bits per heavy atom. The molecule has 0 bridgehead atoms. The molecule has 1 aromatic heterocycles. The van der Waals surface area contributed by atoms with Crippen molar-refractivity contribution in [1.29, 1.82) is 0 Å². The van der Waals surface area contributed by atoms with E-state index in [4.69, 9.17) is 5.11 Å². The van der Waals surface area contributed by atoms with Gasteiger partial charge in [0.15, 0.2) is 0 Å². The highest BCUT2D eigenvalue weighted by Gasteiger charge is 2.27. The summed E-state index contributed by atoms with van der Waals surface area (Å²) >= 11 is 0. The van der Waals surface area contributed by atoms with E-state index in [1.165, 1.54) is 6.07 Å². The zero-order valence-corrected chi connectivity index (χ0v) is 11.4. The molecular weight excluding hydrogens is 283 g/mol. The van der Waals surface area contributed by atoms with Gasteiger partial charge < -0.3 is 9.67 Å². The molecule has 106 valence electrons. The summed E-state index contributed by atoms with van der Waals surface area (Å²) in [5.41, 5.74) is 1.32. The average molecular weight is 297 g/mol. The van der Waals surface area contributed by atoms with Gasteiger partial charge in [0.1, 0.15) is 11.6 Å². The number of carboxylic acid groups (broad SMARTS) is 1. The van der Waals surface area contributed by atoms with E-state index in [2.05, 4.69) is 4.98 Å². The van der Waals surface area contributed by atoms with Crippen LogP contribution in [-0.4, -0.2) is 20.6 Å². The van der Waals surface area contributed by atoms with Gasteiger partial charge in [-0.15, -0.1) is 12.4 Å². The predicted octanol–water partition coefficient (Wildman–Crippen LogP) is 2.76. The Bertz CT molecular complexity index is 642. The zero-order chi connectivity index (χ0) is 13.4. The molecule has 2 aromatic rings. The summed E-state index contributed by atoms with van der Waals surface area (Å²) in [5, 5.41) is 9.04. The van der Waals surface area contributed by atoms with Crippen LogP contribution in [0.3, 0.4) is 0 Å². The van der Waals surface area contributed by atoms with Crippen molar-refractivity contribution < 1.29 is 14.3 Å². The quantitative estimate of drug-likeness (QED) is 0.927. The Labute approximate surface area is 121 Å². The number of carbonyl (C=O) groups is 1. The largest absolute Gasteiger partial charge is 0.481 e. The fourth-order valence-corrected chi connectivity index (χ4v) is 2.53. The lowest BCUT2D eigenvalue weighted by Gasteiger charge is -2.22. The number of carboxylic acids is 1. The van der Waals surface area contributed by atoms with E-state index in [0.717, 1.165) is 5.69 Å². The van der Waals surface area contributed by atoms with Crippen LogP contribution in [0, 0.1) is 11.7 Å². The second-order valence-corrected chi connectivity index (χ2v) is 4.73. The van der Waals surface area contributed by atoms with Crippen molar-refractivity contribution in [3.8, 4) is 11.4 Å². The molecule has 2 heterocycles. The molecular formula is C14H14ClFN2O2. The van der Waals surface area contributed by atoms with Crippen LogP contribution in [0.1, 0.15) is 12.1 Å². The number of hydrogen-bond acceptors (Lipinski definition) is 2. The van der Waals surface area contributed by atoms with E-state index in [9.17, 15) is 9.18 Å². The van der Waals surface area contributed by atoms with Crippen molar-refractivity contribution in [3.05, 3.63) is 42.0 Å². The molecule has 0 amide bonds. The van der Waals surface area contributed by atoms with Crippen molar-refractivity contribution in [2.45, 2.75) is 19.4 Å². The van der Waals surface area contributed by atoms with Crippen LogP contribution in [0.5, 0.6) is 0 Å². The van der Waals surface area contributed by atoms with Crippen LogP contribution in [0.15, 0.2) is 30.5 Å². The van der Waals surface area contributed by atoms with Crippen LogP contribution in [0.25, 0.3) is 11.4 Å². The fourth-order valence-electron chi connectivity index (χ4n) is 2.53. The first kappa shape index (κ1) is 14.5. The van der Waals surface area contributed by atoms with E-state index >= 15 is 0 Å². The minimum Gasteiger partial charge on any atom is -0.481 e. The maximum absolute atomic E-state index is 13.8. The van der Waals surface area contributed by atoms with Gasteiger partial charge in [0, 0.05) is 24.9 Å². The Balaban J connectivity index is 0.00000147. The summed E-state index contributed by atoms with van der Waals surface area (Å²) in [7, 11) is 0. The normalized spacial score (nSPS) is 17.1. The SMILES string of the molecule is Cl.O=C(O)C1CCn2c(cnc2-c2ccccc2F)C1.